The van der Waals surface area contributed by atoms with Crippen molar-refractivity contribution in [2.75, 3.05) is 13.2 Å². The van der Waals surface area contributed by atoms with Gasteiger partial charge in [-0.1, -0.05) is 33.6 Å². The molecule has 0 amide bonds. The number of aliphatic hydroxyl groups is 1. The number of ether oxygens (including phenoxy) is 1. The molecule has 0 bridgehead atoms. The second-order valence-corrected chi connectivity index (χ2v) is 4.40. The first kappa shape index (κ1) is 14.9. The predicted octanol–water partition coefficient (Wildman–Crippen LogP) is 1.93. The fourth-order valence-electron chi connectivity index (χ4n) is 1.69. The Morgan fingerprint density at radius 3 is 2.27 bits per heavy atom. The normalized spacial score (nSPS) is 17.4. The Labute approximate surface area is 94.0 Å². The summed E-state index contributed by atoms with van der Waals surface area (Å²) in [6.45, 7) is 7.16. The van der Waals surface area contributed by atoms with Crippen LogP contribution in [0.1, 0.15) is 46.5 Å². The highest BCUT2D eigenvalue weighted by Crippen LogP contribution is 2.09. The molecule has 0 saturated carbocycles. The molecular weight excluding hydrogens is 190 g/mol. The maximum absolute atomic E-state index is 9.16. The molecule has 0 aliphatic heterocycles. The molecule has 0 radical (unpaired) electrons. The van der Waals surface area contributed by atoms with Crippen molar-refractivity contribution in [3.05, 3.63) is 0 Å². The van der Waals surface area contributed by atoms with Gasteiger partial charge in [-0.15, -0.1) is 0 Å². The van der Waals surface area contributed by atoms with Crippen LogP contribution in [0, 0.1) is 5.92 Å². The molecular formula is C12H27NO2. The van der Waals surface area contributed by atoms with Crippen molar-refractivity contribution in [2.45, 2.75) is 58.6 Å². The third-order valence-electron chi connectivity index (χ3n) is 2.66. The zero-order valence-electron chi connectivity index (χ0n) is 10.4. The SMILES string of the molecule is CCCC(C)COC(CO)C(N)CCC. The molecule has 0 rings (SSSR count). The van der Waals surface area contributed by atoms with Crippen molar-refractivity contribution in [2.24, 2.45) is 11.7 Å². The van der Waals surface area contributed by atoms with Crippen LogP contribution in [-0.4, -0.2) is 30.5 Å². The lowest BCUT2D eigenvalue weighted by Crippen LogP contribution is -2.40. The first-order chi connectivity index (χ1) is 7.15. The minimum atomic E-state index is -0.191. The lowest BCUT2D eigenvalue weighted by molar-refractivity contribution is -0.0186. The van der Waals surface area contributed by atoms with Crippen LogP contribution in [0.15, 0.2) is 0 Å². The highest BCUT2D eigenvalue weighted by Gasteiger charge is 2.17. The number of hydrogen-bond acceptors (Lipinski definition) is 3. The van der Waals surface area contributed by atoms with E-state index in [0.717, 1.165) is 12.8 Å². The Morgan fingerprint density at radius 1 is 1.20 bits per heavy atom. The van der Waals surface area contributed by atoms with Gasteiger partial charge < -0.3 is 15.6 Å². The molecule has 3 nitrogen and oxygen atoms in total. The summed E-state index contributed by atoms with van der Waals surface area (Å²) < 4.78 is 5.64. The van der Waals surface area contributed by atoms with Gasteiger partial charge in [-0.05, 0) is 18.8 Å². The summed E-state index contributed by atoms with van der Waals surface area (Å²) in [6.07, 6.45) is 4.10. The zero-order valence-corrected chi connectivity index (χ0v) is 10.4. The smallest absolute Gasteiger partial charge is 0.0956 e. The molecule has 0 aromatic carbocycles. The van der Waals surface area contributed by atoms with Crippen molar-refractivity contribution in [1.29, 1.82) is 0 Å². The van der Waals surface area contributed by atoms with E-state index in [0.29, 0.717) is 12.5 Å². The molecule has 0 heterocycles. The first-order valence-electron chi connectivity index (χ1n) is 6.13. The summed E-state index contributed by atoms with van der Waals surface area (Å²) >= 11 is 0. The van der Waals surface area contributed by atoms with Gasteiger partial charge in [0.2, 0.25) is 0 Å². The average Bonchev–Trinajstić information content (AvgIpc) is 2.19. The second kappa shape index (κ2) is 9.13. The third-order valence-corrected chi connectivity index (χ3v) is 2.66. The van der Waals surface area contributed by atoms with E-state index in [9.17, 15) is 0 Å². The van der Waals surface area contributed by atoms with Gasteiger partial charge in [0, 0.05) is 12.6 Å². The minimum Gasteiger partial charge on any atom is -0.394 e. The minimum absolute atomic E-state index is 0.0278. The van der Waals surface area contributed by atoms with Crippen molar-refractivity contribution in [3.8, 4) is 0 Å². The topological polar surface area (TPSA) is 55.5 Å². The number of hydrogen-bond donors (Lipinski definition) is 2. The van der Waals surface area contributed by atoms with E-state index < -0.39 is 0 Å². The van der Waals surface area contributed by atoms with Crippen molar-refractivity contribution in [3.63, 3.8) is 0 Å². The van der Waals surface area contributed by atoms with Crippen LogP contribution < -0.4 is 5.73 Å². The monoisotopic (exact) mass is 217 g/mol. The van der Waals surface area contributed by atoms with E-state index in [1.54, 1.807) is 0 Å². The molecule has 0 aromatic rings. The lowest BCUT2D eigenvalue weighted by atomic mass is 10.1. The molecule has 15 heavy (non-hydrogen) atoms. The molecule has 3 unspecified atom stereocenters. The van der Waals surface area contributed by atoms with Crippen molar-refractivity contribution < 1.29 is 9.84 Å². The molecule has 3 atom stereocenters. The number of aliphatic hydroxyl groups excluding tert-OH is 1. The maximum Gasteiger partial charge on any atom is 0.0956 e. The van der Waals surface area contributed by atoms with Gasteiger partial charge in [-0.3, -0.25) is 0 Å². The van der Waals surface area contributed by atoms with E-state index in [-0.39, 0.29) is 18.8 Å². The van der Waals surface area contributed by atoms with E-state index >= 15 is 0 Å². The Kier molecular flexibility index (Phi) is 9.06. The van der Waals surface area contributed by atoms with Crippen LogP contribution in [0.4, 0.5) is 0 Å². The van der Waals surface area contributed by atoms with Crippen LogP contribution in [0.5, 0.6) is 0 Å². The van der Waals surface area contributed by atoms with E-state index in [1.165, 1.54) is 12.8 Å². The summed E-state index contributed by atoms with van der Waals surface area (Å²) in [5, 5.41) is 9.16. The summed E-state index contributed by atoms with van der Waals surface area (Å²) in [5.74, 6) is 0.554. The lowest BCUT2D eigenvalue weighted by Gasteiger charge is -2.23. The van der Waals surface area contributed by atoms with Gasteiger partial charge in [0.15, 0.2) is 0 Å². The van der Waals surface area contributed by atoms with Gasteiger partial charge >= 0.3 is 0 Å². The zero-order chi connectivity index (χ0) is 11.7. The molecule has 0 spiro atoms. The molecule has 0 aliphatic carbocycles. The molecule has 0 saturated heterocycles. The van der Waals surface area contributed by atoms with Gasteiger partial charge in [0.25, 0.3) is 0 Å². The van der Waals surface area contributed by atoms with Crippen LogP contribution in [0.2, 0.25) is 0 Å². The fourth-order valence-corrected chi connectivity index (χ4v) is 1.69. The Morgan fingerprint density at radius 2 is 1.80 bits per heavy atom. The van der Waals surface area contributed by atoms with Gasteiger partial charge in [0.1, 0.15) is 0 Å². The standard InChI is InChI=1S/C12H27NO2/c1-4-6-10(3)9-15-12(8-14)11(13)7-5-2/h10-12,14H,4-9,13H2,1-3H3. The van der Waals surface area contributed by atoms with Crippen LogP contribution in [-0.2, 0) is 4.74 Å². The molecule has 92 valence electrons. The Balaban J connectivity index is 3.78. The summed E-state index contributed by atoms with van der Waals surface area (Å²) in [5.41, 5.74) is 5.91. The first-order valence-corrected chi connectivity index (χ1v) is 6.13. The summed E-state index contributed by atoms with van der Waals surface area (Å²) in [6, 6.07) is -0.0335. The van der Waals surface area contributed by atoms with Crippen LogP contribution >= 0.6 is 0 Å². The molecule has 0 fully saturated rings. The summed E-state index contributed by atoms with van der Waals surface area (Å²) in [4.78, 5) is 0. The Hall–Kier alpha value is -0.120. The van der Waals surface area contributed by atoms with Gasteiger partial charge in [0.05, 0.1) is 12.7 Å². The van der Waals surface area contributed by atoms with Crippen LogP contribution in [0.25, 0.3) is 0 Å². The maximum atomic E-state index is 9.16. The van der Waals surface area contributed by atoms with Gasteiger partial charge in [-0.2, -0.15) is 0 Å². The fraction of sp³-hybridized carbons (Fsp3) is 1.00. The average molecular weight is 217 g/mol. The van der Waals surface area contributed by atoms with Crippen molar-refractivity contribution in [1.82, 2.24) is 0 Å². The second-order valence-electron chi connectivity index (χ2n) is 4.40. The van der Waals surface area contributed by atoms with Crippen LogP contribution in [0.3, 0.4) is 0 Å². The van der Waals surface area contributed by atoms with E-state index in [2.05, 4.69) is 20.8 Å². The highest BCUT2D eigenvalue weighted by molar-refractivity contribution is 4.72. The Bertz CT molecular complexity index is 142. The molecule has 0 aliphatic rings. The molecule has 3 N–H and O–H groups in total. The summed E-state index contributed by atoms with van der Waals surface area (Å²) in [7, 11) is 0. The highest BCUT2D eigenvalue weighted by atomic mass is 16.5. The predicted molar refractivity (Wildman–Crippen MR) is 63.8 cm³/mol. The molecule has 0 aromatic heterocycles. The molecule has 3 heteroatoms. The van der Waals surface area contributed by atoms with E-state index in [1.807, 2.05) is 0 Å². The number of rotatable bonds is 9. The van der Waals surface area contributed by atoms with E-state index in [4.69, 9.17) is 15.6 Å². The van der Waals surface area contributed by atoms with Crippen molar-refractivity contribution >= 4 is 0 Å². The van der Waals surface area contributed by atoms with Gasteiger partial charge in [-0.25, -0.2) is 0 Å². The third kappa shape index (κ3) is 6.88. The quantitative estimate of drug-likeness (QED) is 0.620. The largest absolute Gasteiger partial charge is 0.394 e. The number of nitrogens with two attached hydrogens (primary N) is 1.